The largest absolute Gasteiger partial charge is 0.323 e. The van der Waals surface area contributed by atoms with E-state index in [0.29, 0.717) is 0 Å². The Kier molecular flexibility index (Phi) is 5.68. The molecule has 0 N–H and O–H groups in total. The van der Waals surface area contributed by atoms with Crippen LogP contribution in [0.4, 0.5) is 34.1 Å². The number of benzene rings is 5. The van der Waals surface area contributed by atoms with Gasteiger partial charge in [-0.3, -0.25) is 0 Å². The first-order valence-corrected chi connectivity index (χ1v) is 16.0. The van der Waals surface area contributed by atoms with Crippen LogP contribution < -0.4 is 26.3 Å². The molecule has 0 spiro atoms. The van der Waals surface area contributed by atoms with E-state index in [2.05, 4.69) is 150 Å². The maximum absolute atomic E-state index is 2.65. The molecule has 0 saturated heterocycles. The van der Waals surface area contributed by atoms with Crippen molar-refractivity contribution in [3.05, 3.63) is 144 Å². The van der Waals surface area contributed by atoms with Crippen LogP contribution in [0.3, 0.4) is 0 Å². The van der Waals surface area contributed by atoms with Crippen LogP contribution in [0.5, 0.6) is 0 Å². The Morgan fingerprint density at radius 3 is 1.91 bits per heavy atom. The molecule has 3 heterocycles. The second-order valence-corrected chi connectivity index (χ2v) is 12.6. The molecule has 9 rings (SSSR count). The van der Waals surface area contributed by atoms with Gasteiger partial charge in [0.1, 0.15) is 0 Å². The van der Waals surface area contributed by atoms with Crippen molar-refractivity contribution in [2.24, 2.45) is 0 Å². The van der Waals surface area contributed by atoms with Crippen molar-refractivity contribution in [3.8, 4) is 5.69 Å². The summed E-state index contributed by atoms with van der Waals surface area (Å²) in [5.41, 5.74) is 18.6. The Morgan fingerprint density at radius 2 is 1.16 bits per heavy atom. The Balaban J connectivity index is 1.44. The number of hydrogen-bond donors (Lipinski definition) is 0. The zero-order valence-corrected chi connectivity index (χ0v) is 25.3. The number of rotatable bonds is 3. The summed E-state index contributed by atoms with van der Waals surface area (Å²) in [4.78, 5) is 5.10. The third-order valence-electron chi connectivity index (χ3n) is 9.84. The van der Waals surface area contributed by atoms with Crippen LogP contribution in [0, 0.1) is 13.8 Å². The molecule has 0 fully saturated rings. The van der Waals surface area contributed by atoms with E-state index in [9.17, 15) is 0 Å². The summed E-state index contributed by atoms with van der Waals surface area (Å²) >= 11 is 0. The van der Waals surface area contributed by atoms with E-state index in [1.165, 1.54) is 91.6 Å². The van der Waals surface area contributed by atoms with Gasteiger partial charge < -0.3 is 14.4 Å². The zero-order valence-electron chi connectivity index (χ0n) is 25.3. The first-order valence-electron chi connectivity index (χ1n) is 16.0. The van der Waals surface area contributed by atoms with Gasteiger partial charge in [0.15, 0.2) is 0 Å². The van der Waals surface area contributed by atoms with Gasteiger partial charge in [0.2, 0.25) is 0 Å². The SMILES string of the molecule is Cc1ccc(N2c3ccccc3B3c4c2cc(C)cc4N(c2ccccc2)c2c4c(n(-c5ccccc5)c23)CCCC4)cc1. The second-order valence-electron chi connectivity index (χ2n) is 12.6. The molecule has 2 aliphatic heterocycles. The number of aromatic nitrogens is 1. The van der Waals surface area contributed by atoms with Gasteiger partial charge in [0.05, 0.1) is 5.69 Å². The van der Waals surface area contributed by atoms with Gasteiger partial charge >= 0.3 is 0 Å². The smallest absolute Gasteiger partial charge is 0.273 e. The van der Waals surface area contributed by atoms with Crippen molar-refractivity contribution >= 4 is 57.4 Å². The number of hydrogen-bond acceptors (Lipinski definition) is 2. The Labute approximate surface area is 260 Å². The van der Waals surface area contributed by atoms with E-state index in [4.69, 9.17) is 0 Å². The summed E-state index contributed by atoms with van der Waals surface area (Å²) in [5.74, 6) is 0. The highest BCUT2D eigenvalue weighted by atomic mass is 15.2. The number of nitrogens with zero attached hydrogens (tertiary/aromatic N) is 3. The van der Waals surface area contributed by atoms with E-state index >= 15 is 0 Å². The van der Waals surface area contributed by atoms with Crippen molar-refractivity contribution in [1.82, 2.24) is 4.57 Å². The van der Waals surface area contributed by atoms with Crippen LogP contribution in [-0.2, 0) is 12.8 Å². The minimum Gasteiger partial charge on any atom is -0.323 e. The van der Waals surface area contributed by atoms with Gasteiger partial charge in [-0.25, -0.2) is 0 Å². The molecule has 4 heteroatoms. The lowest BCUT2D eigenvalue weighted by molar-refractivity contribution is 0.664. The van der Waals surface area contributed by atoms with Crippen LogP contribution in [0.25, 0.3) is 5.69 Å². The van der Waals surface area contributed by atoms with Crippen LogP contribution in [0.2, 0.25) is 0 Å². The molecule has 0 atom stereocenters. The maximum Gasteiger partial charge on any atom is 0.273 e. The highest BCUT2D eigenvalue weighted by Gasteiger charge is 2.47. The minimum atomic E-state index is 0.110. The zero-order chi connectivity index (χ0) is 29.4. The molecule has 212 valence electrons. The predicted molar refractivity (Wildman–Crippen MR) is 186 cm³/mol. The summed E-state index contributed by atoms with van der Waals surface area (Å²) in [6.07, 6.45) is 4.67. The lowest BCUT2D eigenvalue weighted by atomic mass is 9.35. The van der Waals surface area contributed by atoms with Crippen LogP contribution in [0.1, 0.15) is 35.2 Å². The lowest BCUT2D eigenvalue weighted by Gasteiger charge is -2.44. The molecule has 0 bridgehead atoms. The van der Waals surface area contributed by atoms with Gasteiger partial charge in [-0.1, -0.05) is 72.3 Å². The standard InChI is InChI=1S/C40H34BN3/c1-27-21-23-31(24-22-27)42-35-20-12-10-18-33(35)41-38-36(42)25-28(2)26-37(38)43(29-13-5-3-6-14-29)39-32-17-9-11-19-34(32)44(40(39)41)30-15-7-4-8-16-30/h3-8,10,12-16,18,20-26H,9,11,17,19H2,1-2H3. The number of aryl methyl sites for hydroxylation is 2. The van der Waals surface area contributed by atoms with Crippen molar-refractivity contribution in [2.75, 3.05) is 9.80 Å². The van der Waals surface area contributed by atoms with Gasteiger partial charge in [-0.2, -0.15) is 0 Å². The maximum atomic E-state index is 2.65. The van der Waals surface area contributed by atoms with E-state index in [1.807, 2.05) is 0 Å². The van der Waals surface area contributed by atoms with Crippen molar-refractivity contribution in [3.63, 3.8) is 0 Å². The van der Waals surface area contributed by atoms with E-state index in [1.54, 1.807) is 0 Å². The quantitative estimate of drug-likeness (QED) is 0.200. The monoisotopic (exact) mass is 567 g/mol. The molecule has 6 aromatic rings. The highest BCUT2D eigenvalue weighted by molar-refractivity contribution is 7.00. The van der Waals surface area contributed by atoms with Crippen LogP contribution in [0.15, 0.2) is 121 Å². The predicted octanol–water partition coefficient (Wildman–Crippen LogP) is 8.06. The normalized spacial score (nSPS) is 14.5. The molecule has 44 heavy (non-hydrogen) atoms. The molecule has 0 saturated carbocycles. The highest BCUT2D eigenvalue weighted by Crippen LogP contribution is 2.47. The molecular weight excluding hydrogens is 533 g/mol. The molecule has 0 amide bonds. The summed E-state index contributed by atoms with van der Waals surface area (Å²) < 4.78 is 2.65. The molecular formula is C40H34BN3. The average molecular weight is 568 g/mol. The fourth-order valence-electron chi connectivity index (χ4n) is 8.05. The molecule has 3 aliphatic rings. The molecule has 5 aromatic carbocycles. The lowest BCUT2D eigenvalue weighted by Crippen LogP contribution is -2.63. The second kappa shape index (κ2) is 9.79. The van der Waals surface area contributed by atoms with Gasteiger partial charge in [-0.15, -0.1) is 0 Å². The third-order valence-corrected chi connectivity index (χ3v) is 9.84. The summed E-state index contributed by atoms with van der Waals surface area (Å²) in [7, 11) is 0. The van der Waals surface area contributed by atoms with Crippen molar-refractivity contribution < 1.29 is 0 Å². The topological polar surface area (TPSA) is 11.4 Å². The fraction of sp³-hybridized carbons (Fsp3) is 0.150. The molecule has 0 unspecified atom stereocenters. The fourth-order valence-corrected chi connectivity index (χ4v) is 8.05. The number of fused-ring (bicyclic) bond motifs is 6. The van der Waals surface area contributed by atoms with Gasteiger partial charge in [0, 0.05) is 45.4 Å². The van der Waals surface area contributed by atoms with Crippen molar-refractivity contribution in [1.29, 1.82) is 0 Å². The Hall–Kier alpha value is -4.96. The van der Waals surface area contributed by atoms with Gasteiger partial charge in [-0.05, 0) is 116 Å². The molecule has 0 radical (unpaired) electrons. The van der Waals surface area contributed by atoms with E-state index in [-0.39, 0.29) is 6.71 Å². The van der Waals surface area contributed by atoms with Crippen LogP contribution in [-0.4, -0.2) is 11.3 Å². The van der Waals surface area contributed by atoms with E-state index < -0.39 is 0 Å². The first-order chi connectivity index (χ1) is 21.7. The molecule has 1 aromatic heterocycles. The number of anilines is 6. The van der Waals surface area contributed by atoms with E-state index in [0.717, 1.165) is 12.8 Å². The summed E-state index contributed by atoms with van der Waals surface area (Å²) in [5, 5.41) is 0. The first kappa shape index (κ1) is 25.5. The van der Waals surface area contributed by atoms with Crippen molar-refractivity contribution in [2.45, 2.75) is 39.5 Å². The summed E-state index contributed by atoms with van der Waals surface area (Å²) in [6, 6.07) is 45.1. The average Bonchev–Trinajstić information content (AvgIpc) is 3.41. The third kappa shape index (κ3) is 3.64. The Bertz CT molecular complexity index is 2040. The molecule has 1 aliphatic carbocycles. The van der Waals surface area contributed by atoms with Gasteiger partial charge in [0.25, 0.3) is 6.71 Å². The Morgan fingerprint density at radius 1 is 0.545 bits per heavy atom. The summed E-state index contributed by atoms with van der Waals surface area (Å²) in [6.45, 7) is 4.53. The number of para-hydroxylation sites is 3. The minimum absolute atomic E-state index is 0.110. The van der Waals surface area contributed by atoms with Crippen LogP contribution >= 0.6 is 0 Å². The molecule has 3 nitrogen and oxygen atoms in total.